The maximum absolute atomic E-state index is 14.1. The summed E-state index contributed by atoms with van der Waals surface area (Å²) in [7, 11) is 1.29. The number of nitrogens with zero attached hydrogens (tertiary/aromatic N) is 2. The summed E-state index contributed by atoms with van der Waals surface area (Å²) >= 11 is 0. The fourth-order valence-corrected chi connectivity index (χ4v) is 10.3. The molecule has 22 heteroatoms. The number of amides is 5. The van der Waals surface area contributed by atoms with E-state index in [1.807, 2.05) is 18.2 Å². The molecule has 0 spiro atoms. The van der Waals surface area contributed by atoms with Crippen LogP contribution in [0, 0.1) is 0 Å². The Bertz CT molecular complexity index is 2680. The van der Waals surface area contributed by atoms with Crippen LogP contribution in [0.2, 0.25) is 0 Å². The van der Waals surface area contributed by atoms with Crippen LogP contribution < -0.4 is 20.7 Å². The van der Waals surface area contributed by atoms with Gasteiger partial charge in [-0.3, -0.25) is 38.5 Å². The number of carbonyl (C=O) groups excluding carboxylic acids is 8. The number of methoxy groups -OCH3 is 1. The number of carbonyl (C=O) groups is 8. The van der Waals surface area contributed by atoms with Gasteiger partial charge in [0.2, 0.25) is 29.4 Å². The van der Waals surface area contributed by atoms with Gasteiger partial charge in [0.1, 0.15) is 60.3 Å². The van der Waals surface area contributed by atoms with Crippen molar-refractivity contribution in [3.63, 3.8) is 0 Å². The highest BCUT2D eigenvalue weighted by atomic mass is 16.7. The van der Waals surface area contributed by atoms with Gasteiger partial charge in [0, 0.05) is 49.0 Å². The van der Waals surface area contributed by atoms with Crippen molar-refractivity contribution < 1.29 is 82.8 Å². The van der Waals surface area contributed by atoms with Gasteiger partial charge in [-0.2, -0.15) is 0 Å². The maximum atomic E-state index is 14.1. The molecule has 3 fully saturated rings. The molecule has 3 aromatic rings. The number of aliphatic hydroxyl groups excluding tert-OH is 2. The zero-order chi connectivity index (χ0) is 51.8. The minimum atomic E-state index is -2.41. The molecule has 3 saturated heterocycles. The zero-order valence-electron chi connectivity index (χ0n) is 39.8. The van der Waals surface area contributed by atoms with Gasteiger partial charge in [-0.25, -0.2) is 4.79 Å². The highest BCUT2D eigenvalue weighted by molar-refractivity contribution is 6.31. The summed E-state index contributed by atoms with van der Waals surface area (Å²) in [5.41, 5.74) is -3.61. The number of benzene rings is 3. The lowest BCUT2D eigenvalue weighted by Crippen LogP contribution is -2.59. The SMILES string of the molecule is COc1cccc2c1C(=O)c1c(O)c3c(c(O)c1C2=O)C[C@@](O)(C(=O)CO)C[C@@H]3O[C@@H]1C[C@H](NC(=O)[C@@H]2CCCN2C(=O)CNC(=O)[C@H](C)NC(=O)[C@@H]2CCCN2C(=O)OCc2ccccc2)[C@H](O)[C@H](C)O1. The van der Waals surface area contributed by atoms with Crippen LogP contribution in [-0.2, 0) is 51.2 Å². The molecule has 2 aliphatic carbocycles. The molecule has 3 aromatic carbocycles. The van der Waals surface area contributed by atoms with E-state index in [4.69, 9.17) is 18.9 Å². The Morgan fingerprint density at radius 3 is 2.26 bits per heavy atom. The van der Waals surface area contributed by atoms with E-state index in [-0.39, 0.29) is 54.0 Å². The lowest BCUT2D eigenvalue weighted by atomic mass is 9.72. The van der Waals surface area contributed by atoms with Crippen molar-refractivity contribution in [1.82, 2.24) is 25.8 Å². The first-order chi connectivity index (χ1) is 34.4. The van der Waals surface area contributed by atoms with Gasteiger partial charge in [0.05, 0.1) is 48.6 Å². The summed E-state index contributed by atoms with van der Waals surface area (Å²) in [4.78, 5) is 110. The number of nitrogens with one attached hydrogen (secondary N) is 3. The fourth-order valence-electron chi connectivity index (χ4n) is 10.3. The molecule has 22 nitrogen and oxygen atoms in total. The summed E-state index contributed by atoms with van der Waals surface area (Å²) in [5, 5.41) is 64.3. The Balaban J connectivity index is 0.910. The molecular weight excluding hydrogens is 943 g/mol. The maximum Gasteiger partial charge on any atom is 0.410 e. The quantitative estimate of drug-likeness (QED) is 0.0801. The number of fused-ring (bicyclic) bond motifs is 3. The van der Waals surface area contributed by atoms with E-state index in [0.29, 0.717) is 25.8 Å². The minimum absolute atomic E-state index is 0.0249. The summed E-state index contributed by atoms with van der Waals surface area (Å²) in [6.45, 7) is 1.75. The Morgan fingerprint density at radius 1 is 0.889 bits per heavy atom. The number of aliphatic hydroxyl groups is 3. The Labute approximate surface area is 412 Å². The van der Waals surface area contributed by atoms with Crippen LogP contribution in [0.4, 0.5) is 4.79 Å². The highest BCUT2D eigenvalue weighted by Crippen LogP contribution is 2.52. The summed E-state index contributed by atoms with van der Waals surface area (Å²) in [6, 6.07) is 9.23. The summed E-state index contributed by atoms with van der Waals surface area (Å²) in [6.07, 6.45) is -5.97. The molecule has 0 bridgehead atoms. The van der Waals surface area contributed by atoms with Crippen molar-refractivity contribution in [2.45, 2.75) is 120 Å². The van der Waals surface area contributed by atoms with E-state index < -0.39 is 150 Å². The summed E-state index contributed by atoms with van der Waals surface area (Å²) in [5.74, 6) is -6.83. The third-order valence-corrected chi connectivity index (χ3v) is 14.1. The van der Waals surface area contributed by atoms with Crippen molar-refractivity contribution in [2.75, 3.05) is 33.4 Å². The molecule has 3 aliphatic heterocycles. The van der Waals surface area contributed by atoms with Crippen molar-refractivity contribution in [3.05, 3.63) is 87.5 Å². The lowest BCUT2D eigenvalue weighted by Gasteiger charge is -2.43. The molecule has 384 valence electrons. The van der Waals surface area contributed by atoms with E-state index in [1.165, 1.54) is 49.0 Å². The van der Waals surface area contributed by atoms with Gasteiger partial charge >= 0.3 is 6.09 Å². The third kappa shape index (κ3) is 9.83. The number of ether oxygens (including phenoxy) is 4. The van der Waals surface area contributed by atoms with Crippen molar-refractivity contribution in [3.8, 4) is 17.2 Å². The second kappa shape index (κ2) is 21.0. The second-order valence-corrected chi connectivity index (χ2v) is 18.7. The molecule has 8 N–H and O–H groups in total. The van der Waals surface area contributed by atoms with E-state index in [9.17, 15) is 63.9 Å². The van der Waals surface area contributed by atoms with Crippen LogP contribution in [-0.4, -0.2) is 164 Å². The number of phenolic OH excluding ortho intramolecular Hbond substituents is 2. The Hall–Kier alpha value is -6.98. The van der Waals surface area contributed by atoms with Gasteiger partial charge in [-0.15, -0.1) is 0 Å². The van der Waals surface area contributed by atoms with Crippen LogP contribution in [0.3, 0.4) is 0 Å². The van der Waals surface area contributed by atoms with Crippen LogP contribution in [0.25, 0.3) is 0 Å². The largest absolute Gasteiger partial charge is 0.507 e. The first-order valence-corrected chi connectivity index (χ1v) is 23.7. The van der Waals surface area contributed by atoms with Crippen LogP contribution in [0.5, 0.6) is 17.2 Å². The van der Waals surface area contributed by atoms with Crippen LogP contribution in [0.1, 0.15) is 107 Å². The molecule has 9 atom stereocenters. The lowest BCUT2D eigenvalue weighted by molar-refractivity contribution is -0.249. The van der Waals surface area contributed by atoms with Gasteiger partial charge in [0.25, 0.3) is 0 Å². The first-order valence-electron chi connectivity index (χ1n) is 23.7. The Morgan fingerprint density at radius 2 is 1.57 bits per heavy atom. The normalized spacial score (nSPS) is 25.9. The van der Waals surface area contributed by atoms with E-state index in [0.717, 1.165) is 5.56 Å². The van der Waals surface area contributed by atoms with Crippen LogP contribution in [0.15, 0.2) is 48.5 Å². The summed E-state index contributed by atoms with van der Waals surface area (Å²) < 4.78 is 23.0. The zero-order valence-corrected chi connectivity index (χ0v) is 39.8. The molecule has 0 radical (unpaired) electrons. The monoisotopic (exact) mass is 999 g/mol. The van der Waals surface area contributed by atoms with Gasteiger partial charge in [-0.05, 0) is 51.2 Å². The standard InChI is InChI=1S/C50H57N5O17/c1-24(52-47(65)31-14-9-17-55(31)49(67)70-23-26-10-5-4-6-11-26)46(64)51-21-35(58)54-16-8-13-30(54)48(66)53-29-18-36(71-25(2)41(29)59)72-33-20-50(68,34(57)22-56)19-28-38(33)45(63)40-39(43(28)61)42(60)27-12-7-15-32(69-3)37(27)44(40)62/h4-7,10-12,15,24-25,29-31,33,36,41,56,59,61,63,68H,8-9,13-14,16-23H2,1-3H3,(H,51,64)(H,52,65)(H,53,66)/t24-,25-,29-,30-,31-,33-,36+,41+,50-/m0/s1. The molecule has 72 heavy (non-hydrogen) atoms. The molecule has 0 aromatic heterocycles. The van der Waals surface area contributed by atoms with Gasteiger partial charge in [0.15, 0.2) is 17.9 Å². The van der Waals surface area contributed by atoms with Gasteiger partial charge < -0.3 is 65.3 Å². The number of likely N-dealkylation sites (tertiary alicyclic amines) is 2. The molecular formula is C50H57N5O17. The second-order valence-electron chi connectivity index (χ2n) is 18.7. The number of ketones is 3. The van der Waals surface area contributed by atoms with Crippen molar-refractivity contribution >= 4 is 47.1 Å². The molecule has 0 saturated carbocycles. The van der Waals surface area contributed by atoms with Gasteiger partial charge in [-0.1, -0.05) is 42.5 Å². The van der Waals surface area contributed by atoms with E-state index in [1.54, 1.807) is 12.1 Å². The average Bonchev–Trinajstić information content (AvgIpc) is 4.08. The predicted molar refractivity (Wildman–Crippen MR) is 247 cm³/mol. The number of hydrogen-bond acceptors (Lipinski definition) is 17. The number of rotatable bonds is 14. The number of hydrogen-bond donors (Lipinski definition) is 8. The van der Waals surface area contributed by atoms with Crippen molar-refractivity contribution in [2.24, 2.45) is 0 Å². The molecule has 8 rings (SSSR count). The highest BCUT2D eigenvalue weighted by Gasteiger charge is 2.51. The number of aromatic hydroxyl groups is 2. The van der Waals surface area contributed by atoms with Crippen LogP contribution >= 0.6 is 0 Å². The molecule has 5 amide bonds. The number of phenols is 2. The van der Waals surface area contributed by atoms with E-state index in [2.05, 4.69) is 16.0 Å². The number of Topliss-reactive ketones (excluding diaryl/α,β-unsaturated/α-hetero) is 1. The molecule has 0 unspecified atom stereocenters. The van der Waals surface area contributed by atoms with Crippen molar-refractivity contribution in [1.29, 1.82) is 0 Å². The molecule has 3 heterocycles. The average molecular weight is 1000 g/mol. The van der Waals surface area contributed by atoms with E-state index >= 15 is 0 Å². The Kier molecular flexibility index (Phi) is 15.0. The minimum Gasteiger partial charge on any atom is -0.507 e. The molecule has 5 aliphatic rings. The predicted octanol–water partition coefficient (Wildman–Crippen LogP) is 0.572. The first kappa shape index (κ1) is 51.4. The topological polar surface area (TPSA) is 317 Å². The third-order valence-electron chi connectivity index (χ3n) is 14.1. The smallest absolute Gasteiger partial charge is 0.410 e. The fraction of sp³-hybridized carbons (Fsp3) is 0.480.